The summed E-state index contributed by atoms with van der Waals surface area (Å²) in [4.78, 5) is 20.7. The topological polar surface area (TPSA) is 76.1 Å². The third-order valence-corrected chi connectivity index (χ3v) is 3.88. The molecule has 0 aliphatic rings. The Kier molecular flexibility index (Phi) is 5.78. The van der Waals surface area contributed by atoms with E-state index >= 15 is 0 Å². The Hall–Kier alpha value is -3.55. The number of methoxy groups -OCH3 is 1. The van der Waals surface area contributed by atoms with E-state index in [1.165, 1.54) is 12.1 Å². The molecule has 6 nitrogen and oxygen atoms in total. The number of aryl methyl sites for hydroxylation is 1. The molecule has 3 aromatic rings. The molecule has 1 aromatic heterocycles. The van der Waals surface area contributed by atoms with Gasteiger partial charge in [-0.3, -0.25) is 4.79 Å². The molecule has 0 aliphatic carbocycles. The third-order valence-electron chi connectivity index (χ3n) is 3.88. The van der Waals surface area contributed by atoms with E-state index in [0.29, 0.717) is 12.2 Å². The van der Waals surface area contributed by atoms with Gasteiger partial charge in [0, 0.05) is 18.3 Å². The van der Waals surface area contributed by atoms with Gasteiger partial charge in [-0.05, 0) is 42.8 Å². The Morgan fingerprint density at radius 1 is 1.07 bits per heavy atom. The van der Waals surface area contributed by atoms with Gasteiger partial charge in [0.2, 0.25) is 5.95 Å². The monoisotopic (exact) mass is 384 g/mol. The number of carbonyl (C=O) groups excluding carboxylic acids is 1. The summed E-state index contributed by atoms with van der Waals surface area (Å²) in [6.07, 6.45) is 0. The van der Waals surface area contributed by atoms with Crippen molar-refractivity contribution in [3.63, 3.8) is 0 Å². The van der Waals surface area contributed by atoms with E-state index in [2.05, 4.69) is 20.6 Å². The lowest BCUT2D eigenvalue weighted by Crippen LogP contribution is -2.24. The van der Waals surface area contributed by atoms with Crippen molar-refractivity contribution in [1.29, 1.82) is 0 Å². The van der Waals surface area contributed by atoms with Gasteiger partial charge in [0.1, 0.15) is 23.1 Å². The van der Waals surface area contributed by atoms with Crippen LogP contribution in [0, 0.1) is 18.6 Å². The summed E-state index contributed by atoms with van der Waals surface area (Å²) in [5.41, 5.74) is 1.56. The first-order valence-electron chi connectivity index (χ1n) is 8.43. The van der Waals surface area contributed by atoms with Crippen LogP contribution in [0.4, 0.5) is 20.4 Å². The number of aromatic nitrogens is 2. The molecule has 0 unspecified atom stereocenters. The number of ether oxygens (including phenoxy) is 1. The molecule has 1 heterocycles. The molecule has 144 valence electrons. The van der Waals surface area contributed by atoms with Crippen molar-refractivity contribution in [3.8, 4) is 5.75 Å². The van der Waals surface area contributed by atoms with E-state index in [-0.39, 0.29) is 17.3 Å². The highest BCUT2D eigenvalue weighted by Crippen LogP contribution is 2.19. The average Bonchev–Trinajstić information content (AvgIpc) is 2.68. The number of nitrogens with zero attached hydrogens (tertiary/aromatic N) is 2. The van der Waals surface area contributed by atoms with Gasteiger partial charge in [0.25, 0.3) is 5.91 Å². The summed E-state index contributed by atoms with van der Waals surface area (Å²) < 4.78 is 31.9. The minimum absolute atomic E-state index is 0.0107. The Morgan fingerprint density at radius 3 is 2.50 bits per heavy atom. The molecular formula is C20H18F2N4O2. The Morgan fingerprint density at radius 2 is 1.82 bits per heavy atom. The first-order valence-corrected chi connectivity index (χ1v) is 8.43. The van der Waals surface area contributed by atoms with Gasteiger partial charge in [-0.2, -0.15) is 0 Å². The molecule has 0 spiro atoms. The standard InChI is InChI=1S/C20H18F2N4O2/c1-12-9-18(19(27)23-11-13-3-6-15(28-2)7-4-13)26-20(24-12)25-17-8-5-14(21)10-16(17)22/h3-10H,11H2,1-2H3,(H,23,27)(H,24,25,26). The highest BCUT2D eigenvalue weighted by molar-refractivity contribution is 5.92. The minimum Gasteiger partial charge on any atom is -0.497 e. The SMILES string of the molecule is COc1ccc(CNC(=O)c2cc(C)nc(Nc3ccc(F)cc3F)n2)cc1. The van der Waals surface area contributed by atoms with Gasteiger partial charge < -0.3 is 15.4 Å². The van der Waals surface area contributed by atoms with Crippen molar-refractivity contribution in [2.45, 2.75) is 13.5 Å². The van der Waals surface area contributed by atoms with Crippen LogP contribution < -0.4 is 15.4 Å². The van der Waals surface area contributed by atoms with E-state index in [1.54, 1.807) is 26.2 Å². The highest BCUT2D eigenvalue weighted by Gasteiger charge is 2.12. The van der Waals surface area contributed by atoms with Crippen LogP contribution in [0.5, 0.6) is 5.75 Å². The van der Waals surface area contributed by atoms with Gasteiger partial charge in [0.15, 0.2) is 0 Å². The smallest absolute Gasteiger partial charge is 0.270 e. The van der Waals surface area contributed by atoms with Crippen molar-refractivity contribution < 1.29 is 18.3 Å². The van der Waals surface area contributed by atoms with Gasteiger partial charge in [-0.15, -0.1) is 0 Å². The molecule has 0 saturated carbocycles. The fourth-order valence-electron chi connectivity index (χ4n) is 2.47. The van der Waals surface area contributed by atoms with Crippen LogP contribution in [0.2, 0.25) is 0 Å². The van der Waals surface area contributed by atoms with Crippen molar-refractivity contribution in [2.75, 3.05) is 12.4 Å². The number of benzene rings is 2. The summed E-state index contributed by atoms with van der Waals surface area (Å²) >= 11 is 0. The minimum atomic E-state index is -0.782. The first kappa shape index (κ1) is 19.2. The molecule has 0 saturated heterocycles. The number of rotatable bonds is 6. The summed E-state index contributed by atoms with van der Waals surface area (Å²) in [5, 5.41) is 5.43. The predicted octanol–water partition coefficient (Wildman–Crippen LogP) is 3.75. The first-order chi connectivity index (χ1) is 13.4. The fourth-order valence-corrected chi connectivity index (χ4v) is 2.47. The van der Waals surface area contributed by atoms with Gasteiger partial charge in [-0.1, -0.05) is 12.1 Å². The molecule has 0 bridgehead atoms. The number of anilines is 2. The van der Waals surface area contributed by atoms with Crippen LogP contribution in [0.3, 0.4) is 0 Å². The number of halogens is 2. The van der Waals surface area contributed by atoms with Crippen LogP contribution in [0.15, 0.2) is 48.5 Å². The maximum absolute atomic E-state index is 13.8. The molecule has 8 heteroatoms. The zero-order chi connectivity index (χ0) is 20.1. The second-order valence-electron chi connectivity index (χ2n) is 6.00. The van der Waals surface area contributed by atoms with E-state index in [9.17, 15) is 13.6 Å². The van der Waals surface area contributed by atoms with E-state index in [4.69, 9.17) is 4.74 Å². The highest BCUT2D eigenvalue weighted by atomic mass is 19.1. The van der Waals surface area contributed by atoms with Crippen LogP contribution in [-0.2, 0) is 6.54 Å². The summed E-state index contributed by atoms with van der Waals surface area (Å²) in [6, 6.07) is 11.9. The van der Waals surface area contributed by atoms with Crippen molar-refractivity contribution in [2.24, 2.45) is 0 Å². The number of nitrogens with one attached hydrogen (secondary N) is 2. The second kappa shape index (κ2) is 8.43. The quantitative estimate of drug-likeness (QED) is 0.677. The summed E-state index contributed by atoms with van der Waals surface area (Å²) in [5.74, 6) is -1.10. The Labute approximate surface area is 160 Å². The molecule has 28 heavy (non-hydrogen) atoms. The third kappa shape index (κ3) is 4.79. The van der Waals surface area contributed by atoms with Crippen LogP contribution in [-0.4, -0.2) is 23.0 Å². The molecular weight excluding hydrogens is 366 g/mol. The van der Waals surface area contributed by atoms with Crippen LogP contribution in [0.25, 0.3) is 0 Å². The average molecular weight is 384 g/mol. The van der Waals surface area contributed by atoms with Crippen molar-refractivity contribution in [3.05, 3.63) is 77.1 Å². The summed E-state index contributed by atoms with van der Waals surface area (Å²) in [6.45, 7) is 2.00. The van der Waals surface area contributed by atoms with E-state index in [0.717, 1.165) is 23.4 Å². The summed E-state index contributed by atoms with van der Waals surface area (Å²) in [7, 11) is 1.58. The Bertz CT molecular complexity index is 994. The number of carbonyl (C=O) groups is 1. The van der Waals surface area contributed by atoms with Gasteiger partial charge in [0.05, 0.1) is 12.8 Å². The second-order valence-corrected chi connectivity index (χ2v) is 6.00. The zero-order valence-electron chi connectivity index (χ0n) is 15.3. The van der Waals surface area contributed by atoms with E-state index in [1.807, 2.05) is 12.1 Å². The predicted molar refractivity (Wildman–Crippen MR) is 101 cm³/mol. The molecule has 2 N–H and O–H groups in total. The van der Waals surface area contributed by atoms with Gasteiger partial charge in [-0.25, -0.2) is 18.7 Å². The number of hydrogen-bond acceptors (Lipinski definition) is 5. The lowest BCUT2D eigenvalue weighted by atomic mass is 10.2. The molecule has 3 rings (SSSR count). The molecule has 1 amide bonds. The normalized spacial score (nSPS) is 10.4. The van der Waals surface area contributed by atoms with Crippen LogP contribution in [0.1, 0.15) is 21.7 Å². The number of hydrogen-bond donors (Lipinski definition) is 2. The molecule has 0 fully saturated rings. The molecule has 0 atom stereocenters. The van der Waals surface area contributed by atoms with Crippen LogP contribution >= 0.6 is 0 Å². The van der Waals surface area contributed by atoms with Crippen molar-refractivity contribution in [1.82, 2.24) is 15.3 Å². The van der Waals surface area contributed by atoms with Gasteiger partial charge >= 0.3 is 0 Å². The maximum Gasteiger partial charge on any atom is 0.270 e. The van der Waals surface area contributed by atoms with Crippen molar-refractivity contribution >= 4 is 17.5 Å². The molecule has 0 radical (unpaired) electrons. The zero-order valence-corrected chi connectivity index (χ0v) is 15.3. The van der Waals surface area contributed by atoms with E-state index < -0.39 is 17.5 Å². The maximum atomic E-state index is 13.8. The fraction of sp³-hybridized carbons (Fsp3) is 0.150. The Balaban J connectivity index is 1.71. The lowest BCUT2D eigenvalue weighted by molar-refractivity contribution is 0.0945. The number of amides is 1. The largest absolute Gasteiger partial charge is 0.497 e. The lowest BCUT2D eigenvalue weighted by Gasteiger charge is -2.10. The molecule has 0 aliphatic heterocycles. The molecule has 2 aromatic carbocycles.